The first-order chi connectivity index (χ1) is 10.3. The molecule has 0 saturated carbocycles. The van der Waals surface area contributed by atoms with Gasteiger partial charge in [-0.15, -0.1) is 0 Å². The molecule has 8 nitrogen and oxygen atoms in total. The summed E-state index contributed by atoms with van der Waals surface area (Å²) in [4.78, 5) is 21.3. The normalized spacial score (nSPS) is 11.0. The molecule has 0 radical (unpaired) electrons. The molecule has 0 saturated heterocycles. The number of hydrogen-bond donors (Lipinski definition) is 2. The number of rotatable bonds is 4. The Kier molecular flexibility index (Phi) is 4.20. The van der Waals surface area contributed by atoms with Gasteiger partial charge in [-0.2, -0.15) is 8.42 Å². The first kappa shape index (κ1) is 15.6. The van der Waals surface area contributed by atoms with Gasteiger partial charge in [0, 0.05) is 23.4 Å². The zero-order valence-corrected chi connectivity index (χ0v) is 11.8. The molecule has 0 fully saturated rings. The number of nitrogens with zero attached hydrogens (tertiary/aromatic N) is 1. The standard InChI is InChI=1S/C13H10N2O6S/c16-13(14-10-4-2-1-3-5-10)9-6-11(15(17)18)8-12(7-9)22(19,20)21/h1-8H,(H,14,16)(H,19,20,21). The number of hydrogen-bond acceptors (Lipinski definition) is 5. The van der Waals surface area contributed by atoms with Gasteiger partial charge in [0.05, 0.1) is 4.92 Å². The van der Waals surface area contributed by atoms with Crippen molar-refractivity contribution in [2.75, 3.05) is 5.32 Å². The number of nitrogens with one attached hydrogen (secondary N) is 1. The Morgan fingerprint density at radius 1 is 1.14 bits per heavy atom. The molecule has 0 bridgehead atoms. The molecule has 1 amide bonds. The third-order valence-corrected chi connectivity index (χ3v) is 3.53. The second-order valence-electron chi connectivity index (χ2n) is 4.27. The van der Waals surface area contributed by atoms with E-state index in [0.29, 0.717) is 11.8 Å². The van der Waals surface area contributed by atoms with Crippen LogP contribution in [0.1, 0.15) is 10.4 Å². The molecule has 9 heteroatoms. The predicted octanol–water partition coefficient (Wildman–Crippen LogP) is 2.09. The highest BCUT2D eigenvalue weighted by molar-refractivity contribution is 7.85. The number of amides is 1. The fraction of sp³-hybridized carbons (Fsp3) is 0. The maximum absolute atomic E-state index is 12.1. The van der Waals surface area contributed by atoms with Crippen LogP contribution in [0, 0.1) is 10.1 Å². The van der Waals surface area contributed by atoms with E-state index in [9.17, 15) is 23.3 Å². The molecule has 114 valence electrons. The average molecular weight is 322 g/mol. The second kappa shape index (κ2) is 5.92. The highest BCUT2D eigenvalue weighted by atomic mass is 32.2. The number of carbonyl (C=O) groups excluding carboxylic acids is 1. The van der Waals surface area contributed by atoms with Crippen molar-refractivity contribution >= 4 is 27.4 Å². The number of para-hydroxylation sites is 1. The van der Waals surface area contributed by atoms with Crippen LogP contribution >= 0.6 is 0 Å². The smallest absolute Gasteiger partial charge is 0.294 e. The Labute approximate surface area is 125 Å². The van der Waals surface area contributed by atoms with Crippen LogP contribution in [0.4, 0.5) is 11.4 Å². The van der Waals surface area contributed by atoms with Crippen molar-refractivity contribution in [3.8, 4) is 0 Å². The van der Waals surface area contributed by atoms with Crippen LogP contribution < -0.4 is 5.32 Å². The zero-order valence-electron chi connectivity index (χ0n) is 11.0. The molecule has 0 unspecified atom stereocenters. The molecule has 0 aliphatic carbocycles. The van der Waals surface area contributed by atoms with Crippen molar-refractivity contribution < 1.29 is 22.7 Å². The van der Waals surface area contributed by atoms with Crippen LogP contribution in [0.25, 0.3) is 0 Å². The summed E-state index contributed by atoms with van der Waals surface area (Å²) in [6, 6.07) is 10.7. The second-order valence-corrected chi connectivity index (χ2v) is 5.69. The van der Waals surface area contributed by atoms with Gasteiger partial charge in [0.15, 0.2) is 0 Å². The number of carbonyl (C=O) groups is 1. The van der Waals surface area contributed by atoms with Crippen molar-refractivity contribution in [3.63, 3.8) is 0 Å². The summed E-state index contributed by atoms with van der Waals surface area (Å²) in [5, 5.41) is 13.3. The number of non-ortho nitro benzene ring substituents is 1. The van der Waals surface area contributed by atoms with Gasteiger partial charge in [0.25, 0.3) is 21.7 Å². The summed E-state index contributed by atoms with van der Waals surface area (Å²) < 4.78 is 31.3. The van der Waals surface area contributed by atoms with Gasteiger partial charge >= 0.3 is 0 Å². The summed E-state index contributed by atoms with van der Waals surface area (Å²) in [5.41, 5.74) is -0.438. The fourth-order valence-electron chi connectivity index (χ4n) is 1.69. The fourth-order valence-corrected chi connectivity index (χ4v) is 2.24. The summed E-state index contributed by atoms with van der Waals surface area (Å²) in [7, 11) is -4.67. The Morgan fingerprint density at radius 2 is 1.77 bits per heavy atom. The van der Waals surface area contributed by atoms with Crippen molar-refractivity contribution in [3.05, 3.63) is 64.2 Å². The van der Waals surface area contributed by atoms with Crippen molar-refractivity contribution in [1.82, 2.24) is 0 Å². The molecule has 0 aromatic heterocycles. The quantitative estimate of drug-likeness (QED) is 0.504. The van der Waals surface area contributed by atoms with Gasteiger partial charge in [-0.05, 0) is 18.2 Å². The van der Waals surface area contributed by atoms with E-state index in [1.807, 2.05) is 0 Å². The monoisotopic (exact) mass is 322 g/mol. The van der Waals surface area contributed by atoms with E-state index in [0.717, 1.165) is 12.1 Å². The van der Waals surface area contributed by atoms with Crippen LogP contribution in [-0.4, -0.2) is 23.8 Å². The minimum absolute atomic E-state index is 0.259. The SMILES string of the molecule is O=C(Nc1ccccc1)c1cc([N+](=O)[O-])cc(S(=O)(=O)O)c1. The van der Waals surface area contributed by atoms with Crippen molar-refractivity contribution in [2.45, 2.75) is 4.90 Å². The van der Waals surface area contributed by atoms with Gasteiger partial charge < -0.3 is 5.32 Å². The Balaban J connectivity index is 2.43. The van der Waals surface area contributed by atoms with E-state index in [4.69, 9.17) is 4.55 Å². The molecular formula is C13H10N2O6S. The lowest BCUT2D eigenvalue weighted by Crippen LogP contribution is -2.13. The average Bonchev–Trinajstić information content (AvgIpc) is 2.46. The molecule has 2 N–H and O–H groups in total. The minimum atomic E-state index is -4.67. The van der Waals surface area contributed by atoms with E-state index in [1.54, 1.807) is 30.3 Å². The van der Waals surface area contributed by atoms with Crippen LogP contribution in [0.5, 0.6) is 0 Å². The minimum Gasteiger partial charge on any atom is -0.322 e. The third kappa shape index (κ3) is 3.65. The Hall–Kier alpha value is -2.78. The number of anilines is 1. The lowest BCUT2D eigenvalue weighted by atomic mass is 10.2. The van der Waals surface area contributed by atoms with Gasteiger partial charge in [-0.1, -0.05) is 18.2 Å². The summed E-state index contributed by atoms with van der Waals surface area (Å²) >= 11 is 0. The molecule has 0 atom stereocenters. The number of benzene rings is 2. The van der Waals surface area contributed by atoms with Gasteiger partial charge in [0.1, 0.15) is 4.90 Å². The molecule has 0 aliphatic heterocycles. The van der Waals surface area contributed by atoms with E-state index in [2.05, 4.69) is 5.32 Å². The molecule has 2 aromatic carbocycles. The maximum Gasteiger partial charge on any atom is 0.294 e. The van der Waals surface area contributed by atoms with Crippen LogP contribution in [0.2, 0.25) is 0 Å². The molecule has 0 aliphatic rings. The lowest BCUT2D eigenvalue weighted by molar-refractivity contribution is -0.385. The van der Waals surface area contributed by atoms with Crippen LogP contribution in [0.15, 0.2) is 53.4 Å². The molecule has 0 spiro atoms. The van der Waals surface area contributed by atoms with Crippen LogP contribution in [0.3, 0.4) is 0 Å². The largest absolute Gasteiger partial charge is 0.322 e. The van der Waals surface area contributed by atoms with E-state index in [1.165, 1.54) is 0 Å². The molecular weight excluding hydrogens is 312 g/mol. The molecule has 0 heterocycles. The maximum atomic E-state index is 12.1. The van der Waals surface area contributed by atoms with Gasteiger partial charge in [0.2, 0.25) is 0 Å². The summed E-state index contributed by atoms with van der Waals surface area (Å²) in [5.74, 6) is -0.736. The first-order valence-corrected chi connectivity index (χ1v) is 7.35. The lowest BCUT2D eigenvalue weighted by Gasteiger charge is -2.06. The number of nitro groups is 1. The highest BCUT2D eigenvalue weighted by Crippen LogP contribution is 2.21. The predicted molar refractivity (Wildman–Crippen MR) is 77.3 cm³/mol. The third-order valence-electron chi connectivity index (χ3n) is 2.69. The topological polar surface area (TPSA) is 127 Å². The van der Waals surface area contributed by atoms with Crippen molar-refractivity contribution in [1.29, 1.82) is 0 Å². The van der Waals surface area contributed by atoms with Crippen molar-refractivity contribution in [2.24, 2.45) is 0 Å². The molecule has 2 aromatic rings. The summed E-state index contributed by atoms with van der Waals surface area (Å²) in [6.45, 7) is 0. The van der Waals surface area contributed by atoms with Gasteiger partial charge in [-0.3, -0.25) is 19.5 Å². The Bertz CT molecular complexity index is 833. The highest BCUT2D eigenvalue weighted by Gasteiger charge is 2.20. The van der Waals surface area contributed by atoms with E-state index < -0.39 is 31.5 Å². The van der Waals surface area contributed by atoms with Crippen LogP contribution in [-0.2, 0) is 10.1 Å². The van der Waals surface area contributed by atoms with E-state index >= 15 is 0 Å². The molecule has 22 heavy (non-hydrogen) atoms. The van der Waals surface area contributed by atoms with E-state index in [-0.39, 0.29) is 5.56 Å². The summed E-state index contributed by atoms with van der Waals surface area (Å²) in [6.07, 6.45) is 0. The zero-order chi connectivity index (χ0) is 16.3. The number of nitro benzene ring substituents is 1. The van der Waals surface area contributed by atoms with Gasteiger partial charge in [-0.25, -0.2) is 0 Å². The first-order valence-electron chi connectivity index (χ1n) is 5.91. The Morgan fingerprint density at radius 3 is 2.32 bits per heavy atom. The molecule has 2 rings (SSSR count).